The minimum absolute atomic E-state index is 0. The lowest BCUT2D eigenvalue weighted by Gasteiger charge is -2.41. The monoisotopic (exact) mass is 566 g/mol. The van der Waals surface area contributed by atoms with Crippen LogP contribution < -0.4 is 16.0 Å². The Kier molecular flexibility index (Phi) is 9.12. The first kappa shape index (κ1) is 25.9. The zero-order chi connectivity index (χ0) is 22.4. The molecule has 4 rings (SSSR count). The zero-order valence-electron chi connectivity index (χ0n) is 19.6. The maximum atomic E-state index is 13.7. The molecule has 0 radical (unpaired) electrons. The van der Waals surface area contributed by atoms with E-state index in [1.807, 2.05) is 12.1 Å². The third-order valence-corrected chi connectivity index (χ3v) is 6.97. The molecule has 0 bridgehead atoms. The van der Waals surface area contributed by atoms with E-state index in [1.165, 1.54) is 11.6 Å². The molecule has 1 atom stereocenters. The molecule has 3 N–H and O–H groups in total. The molecule has 0 aromatic heterocycles. The van der Waals surface area contributed by atoms with Crippen molar-refractivity contribution < 1.29 is 9.13 Å². The van der Waals surface area contributed by atoms with E-state index in [0.717, 1.165) is 63.5 Å². The highest BCUT2D eigenvalue weighted by atomic mass is 127. The van der Waals surface area contributed by atoms with Crippen molar-refractivity contribution in [3.05, 3.63) is 71.5 Å². The van der Waals surface area contributed by atoms with Gasteiger partial charge in [0, 0.05) is 50.3 Å². The number of nitrogens with zero attached hydrogens (tertiary/aromatic N) is 1. The van der Waals surface area contributed by atoms with Gasteiger partial charge in [-0.2, -0.15) is 0 Å². The minimum Gasteiger partial charge on any atom is -0.381 e. The maximum absolute atomic E-state index is 13.7. The number of aliphatic imine (C=N–C) groups is 1. The first-order valence-electron chi connectivity index (χ1n) is 11.7. The smallest absolute Gasteiger partial charge is 0.191 e. The van der Waals surface area contributed by atoms with E-state index in [9.17, 15) is 4.39 Å². The normalized spacial score (nSPS) is 19.8. The van der Waals surface area contributed by atoms with E-state index in [2.05, 4.69) is 52.1 Å². The predicted molar refractivity (Wildman–Crippen MR) is 143 cm³/mol. The van der Waals surface area contributed by atoms with Crippen LogP contribution in [0.25, 0.3) is 0 Å². The van der Waals surface area contributed by atoms with E-state index in [1.54, 1.807) is 19.2 Å². The van der Waals surface area contributed by atoms with E-state index in [-0.39, 0.29) is 46.8 Å². The molecule has 1 heterocycles. The Balaban J connectivity index is 0.00000306. The average Bonchev–Trinajstić information content (AvgIpc) is 3.62. The fourth-order valence-corrected chi connectivity index (χ4v) is 4.68. The summed E-state index contributed by atoms with van der Waals surface area (Å²) in [6.07, 6.45) is 4.03. The lowest BCUT2D eigenvalue weighted by atomic mass is 9.88. The molecule has 1 saturated heterocycles. The van der Waals surface area contributed by atoms with Crippen LogP contribution >= 0.6 is 24.0 Å². The molecule has 2 aromatic rings. The van der Waals surface area contributed by atoms with E-state index in [0.29, 0.717) is 0 Å². The lowest BCUT2D eigenvalue weighted by Crippen LogP contribution is -2.58. The summed E-state index contributed by atoms with van der Waals surface area (Å²) in [7, 11) is 1.80. The molecule has 1 aliphatic carbocycles. The Morgan fingerprint density at radius 2 is 1.70 bits per heavy atom. The molecule has 33 heavy (non-hydrogen) atoms. The third-order valence-electron chi connectivity index (χ3n) is 6.97. The molecule has 2 fully saturated rings. The second kappa shape index (κ2) is 11.6. The zero-order valence-corrected chi connectivity index (χ0v) is 21.9. The maximum Gasteiger partial charge on any atom is 0.191 e. The molecular formula is C26H36FIN4O. The van der Waals surface area contributed by atoms with Gasteiger partial charge in [0.05, 0.1) is 0 Å². The van der Waals surface area contributed by atoms with Crippen LogP contribution in [0.4, 0.5) is 4.39 Å². The van der Waals surface area contributed by atoms with Crippen molar-refractivity contribution in [1.29, 1.82) is 0 Å². The van der Waals surface area contributed by atoms with Crippen LogP contribution in [-0.4, -0.2) is 44.8 Å². The van der Waals surface area contributed by atoms with Gasteiger partial charge in [-0.3, -0.25) is 4.99 Å². The highest BCUT2D eigenvalue weighted by Gasteiger charge is 2.44. The van der Waals surface area contributed by atoms with Crippen molar-refractivity contribution in [1.82, 2.24) is 16.0 Å². The van der Waals surface area contributed by atoms with Gasteiger partial charge in [-0.15, -0.1) is 24.0 Å². The number of hydrogen-bond donors (Lipinski definition) is 3. The molecule has 1 unspecified atom stereocenters. The van der Waals surface area contributed by atoms with Gasteiger partial charge in [-0.05, 0) is 55.9 Å². The van der Waals surface area contributed by atoms with Crippen LogP contribution in [0.2, 0.25) is 0 Å². The van der Waals surface area contributed by atoms with Gasteiger partial charge in [-0.1, -0.05) is 42.5 Å². The SMILES string of the molecule is CN=C(NCC1(NC(C)c2ccccc2)CCOCC1)NCC1(c2cccc(F)c2)CC1.I. The number of hydrogen-bond acceptors (Lipinski definition) is 3. The average molecular weight is 567 g/mol. The summed E-state index contributed by atoms with van der Waals surface area (Å²) in [5.74, 6) is 0.615. The summed E-state index contributed by atoms with van der Waals surface area (Å²) in [6.45, 7) is 5.24. The highest BCUT2D eigenvalue weighted by Crippen LogP contribution is 2.47. The summed E-state index contributed by atoms with van der Waals surface area (Å²) < 4.78 is 19.4. The van der Waals surface area contributed by atoms with Crippen molar-refractivity contribution >= 4 is 29.9 Å². The number of halogens is 2. The molecule has 0 amide bonds. The van der Waals surface area contributed by atoms with E-state index >= 15 is 0 Å². The van der Waals surface area contributed by atoms with Gasteiger partial charge < -0.3 is 20.7 Å². The molecule has 1 saturated carbocycles. The van der Waals surface area contributed by atoms with Gasteiger partial charge in [0.25, 0.3) is 0 Å². The molecule has 0 spiro atoms. The lowest BCUT2D eigenvalue weighted by molar-refractivity contribution is 0.0355. The molecule has 2 aliphatic rings. The minimum atomic E-state index is -0.170. The van der Waals surface area contributed by atoms with Gasteiger partial charge in [0.15, 0.2) is 5.96 Å². The van der Waals surface area contributed by atoms with Gasteiger partial charge >= 0.3 is 0 Å². The van der Waals surface area contributed by atoms with Crippen LogP contribution in [-0.2, 0) is 10.2 Å². The number of ether oxygens (including phenoxy) is 1. The standard InChI is InChI=1S/C26H35FN4O.HI/c1-20(21-7-4-3-5-8-21)31-26(13-15-32-16-14-26)19-30-24(28-2)29-18-25(11-12-25)22-9-6-10-23(27)17-22;/h3-10,17,20,31H,11-16,18-19H2,1-2H3,(H2,28,29,30);1H. The summed E-state index contributed by atoms with van der Waals surface area (Å²) >= 11 is 0. The third kappa shape index (κ3) is 6.67. The molecule has 1 aliphatic heterocycles. The quantitative estimate of drug-likeness (QED) is 0.250. The largest absolute Gasteiger partial charge is 0.381 e. The molecule has 5 nitrogen and oxygen atoms in total. The number of benzene rings is 2. The molecular weight excluding hydrogens is 530 g/mol. The van der Waals surface area contributed by atoms with Crippen LogP contribution in [0.1, 0.15) is 49.8 Å². The fraction of sp³-hybridized carbons (Fsp3) is 0.500. The Bertz CT molecular complexity index is 914. The highest BCUT2D eigenvalue weighted by molar-refractivity contribution is 14.0. The second-order valence-corrected chi connectivity index (χ2v) is 9.24. The van der Waals surface area contributed by atoms with Crippen LogP contribution in [0.15, 0.2) is 59.6 Å². The number of nitrogens with one attached hydrogen (secondary N) is 3. The van der Waals surface area contributed by atoms with Crippen molar-refractivity contribution in [2.45, 2.75) is 49.6 Å². The second-order valence-electron chi connectivity index (χ2n) is 9.24. The van der Waals surface area contributed by atoms with Crippen molar-refractivity contribution in [2.75, 3.05) is 33.4 Å². The molecule has 2 aromatic carbocycles. The number of guanidine groups is 1. The van der Waals surface area contributed by atoms with Gasteiger partial charge in [0.1, 0.15) is 5.82 Å². The summed E-state index contributed by atoms with van der Waals surface area (Å²) in [5.41, 5.74) is 2.30. The summed E-state index contributed by atoms with van der Waals surface area (Å²) in [6, 6.07) is 17.8. The Morgan fingerprint density at radius 3 is 2.33 bits per heavy atom. The van der Waals surface area contributed by atoms with E-state index in [4.69, 9.17) is 4.74 Å². The van der Waals surface area contributed by atoms with Gasteiger partial charge in [-0.25, -0.2) is 4.39 Å². The first-order chi connectivity index (χ1) is 15.5. The first-order valence-corrected chi connectivity index (χ1v) is 11.7. The summed E-state index contributed by atoms with van der Waals surface area (Å²) in [4.78, 5) is 4.44. The Labute approximate surface area is 214 Å². The van der Waals surface area contributed by atoms with E-state index < -0.39 is 0 Å². The Hall–Kier alpha value is -1.71. The van der Waals surface area contributed by atoms with Crippen molar-refractivity contribution in [3.8, 4) is 0 Å². The fourth-order valence-electron chi connectivity index (χ4n) is 4.68. The van der Waals surface area contributed by atoms with Gasteiger partial charge in [0.2, 0.25) is 0 Å². The summed E-state index contributed by atoms with van der Waals surface area (Å²) in [5, 5.41) is 10.9. The Morgan fingerprint density at radius 1 is 1.00 bits per heavy atom. The van der Waals surface area contributed by atoms with Crippen molar-refractivity contribution in [3.63, 3.8) is 0 Å². The van der Waals surface area contributed by atoms with Crippen molar-refractivity contribution in [2.24, 2.45) is 4.99 Å². The number of rotatable bonds is 8. The van der Waals surface area contributed by atoms with Crippen LogP contribution in [0.5, 0.6) is 0 Å². The topological polar surface area (TPSA) is 57.7 Å². The van der Waals surface area contributed by atoms with Crippen LogP contribution in [0, 0.1) is 5.82 Å². The molecule has 7 heteroatoms. The predicted octanol–water partition coefficient (Wildman–Crippen LogP) is 4.54. The van der Waals surface area contributed by atoms with Crippen LogP contribution in [0.3, 0.4) is 0 Å². The molecule has 180 valence electrons.